The number of aromatic nitrogens is 1. The molecule has 1 aliphatic carbocycles. The van der Waals surface area contributed by atoms with Crippen molar-refractivity contribution in [1.29, 1.82) is 0 Å². The van der Waals surface area contributed by atoms with Gasteiger partial charge in [-0.05, 0) is 63.2 Å². The Labute approximate surface area is 122 Å². The zero-order valence-corrected chi connectivity index (χ0v) is 12.6. The van der Waals surface area contributed by atoms with Crippen LogP contribution in [0, 0.1) is 0 Å². The van der Waals surface area contributed by atoms with E-state index in [2.05, 4.69) is 40.5 Å². The zero-order chi connectivity index (χ0) is 13.8. The van der Waals surface area contributed by atoms with Crippen LogP contribution in [0.5, 0.6) is 0 Å². The monoisotopic (exact) mass is 273 g/mol. The SMILES string of the molecule is CCCN1CCCC[C@@H]1c1ccc(NC2CCC2)nc1. The van der Waals surface area contributed by atoms with E-state index in [1.807, 2.05) is 0 Å². The van der Waals surface area contributed by atoms with Crippen LogP contribution in [0.4, 0.5) is 5.82 Å². The minimum atomic E-state index is 0.592. The fraction of sp³-hybridized carbons (Fsp3) is 0.706. The average Bonchev–Trinajstić information content (AvgIpc) is 2.45. The Hall–Kier alpha value is -1.09. The molecule has 0 spiro atoms. The van der Waals surface area contributed by atoms with Gasteiger partial charge in [0.2, 0.25) is 0 Å². The molecule has 1 N–H and O–H groups in total. The van der Waals surface area contributed by atoms with Gasteiger partial charge in [-0.15, -0.1) is 0 Å². The third-order valence-electron chi connectivity index (χ3n) is 4.75. The second kappa shape index (κ2) is 6.57. The van der Waals surface area contributed by atoms with Crippen LogP contribution in [-0.2, 0) is 0 Å². The van der Waals surface area contributed by atoms with Gasteiger partial charge >= 0.3 is 0 Å². The van der Waals surface area contributed by atoms with Gasteiger partial charge in [0.15, 0.2) is 0 Å². The Balaban J connectivity index is 1.65. The van der Waals surface area contributed by atoms with Crippen molar-refractivity contribution in [1.82, 2.24) is 9.88 Å². The minimum Gasteiger partial charge on any atom is -0.367 e. The van der Waals surface area contributed by atoms with Gasteiger partial charge in [-0.1, -0.05) is 19.4 Å². The number of hydrogen-bond acceptors (Lipinski definition) is 3. The van der Waals surface area contributed by atoms with Gasteiger partial charge in [0.1, 0.15) is 5.82 Å². The van der Waals surface area contributed by atoms with E-state index in [0.717, 1.165) is 5.82 Å². The van der Waals surface area contributed by atoms with Gasteiger partial charge in [0, 0.05) is 18.3 Å². The van der Waals surface area contributed by atoms with Crippen molar-refractivity contribution in [2.24, 2.45) is 0 Å². The number of likely N-dealkylation sites (tertiary alicyclic amines) is 1. The summed E-state index contributed by atoms with van der Waals surface area (Å²) in [7, 11) is 0. The van der Waals surface area contributed by atoms with Gasteiger partial charge in [-0.25, -0.2) is 4.98 Å². The molecule has 1 aromatic rings. The molecule has 110 valence electrons. The third-order valence-corrected chi connectivity index (χ3v) is 4.75. The van der Waals surface area contributed by atoms with Crippen LogP contribution in [0.3, 0.4) is 0 Å². The van der Waals surface area contributed by atoms with E-state index >= 15 is 0 Å². The molecule has 1 saturated carbocycles. The summed E-state index contributed by atoms with van der Waals surface area (Å²) in [4.78, 5) is 7.27. The summed E-state index contributed by atoms with van der Waals surface area (Å²) >= 11 is 0. The molecule has 2 heterocycles. The molecule has 0 bridgehead atoms. The molecule has 2 aliphatic rings. The Morgan fingerprint density at radius 2 is 2.10 bits per heavy atom. The second-order valence-electron chi connectivity index (χ2n) is 6.30. The van der Waals surface area contributed by atoms with E-state index in [4.69, 9.17) is 0 Å². The van der Waals surface area contributed by atoms with Gasteiger partial charge < -0.3 is 5.32 Å². The maximum atomic E-state index is 4.63. The number of anilines is 1. The van der Waals surface area contributed by atoms with Crippen LogP contribution in [-0.4, -0.2) is 29.0 Å². The maximum absolute atomic E-state index is 4.63. The number of nitrogens with zero attached hydrogens (tertiary/aromatic N) is 2. The fourth-order valence-corrected chi connectivity index (χ4v) is 3.37. The van der Waals surface area contributed by atoms with E-state index in [9.17, 15) is 0 Å². The van der Waals surface area contributed by atoms with E-state index in [0.29, 0.717) is 12.1 Å². The summed E-state index contributed by atoms with van der Waals surface area (Å²) in [5, 5.41) is 3.52. The maximum Gasteiger partial charge on any atom is 0.126 e. The molecule has 3 rings (SSSR count). The highest BCUT2D eigenvalue weighted by Gasteiger charge is 2.23. The molecule has 2 fully saturated rings. The zero-order valence-electron chi connectivity index (χ0n) is 12.6. The summed E-state index contributed by atoms with van der Waals surface area (Å²) in [6.07, 6.45) is 11.3. The average molecular weight is 273 g/mol. The van der Waals surface area contributed by atoms with Crippen LogP contribution < -0.4 is 5.32 Å². The third kappa shape index (κ3) is 3.14. The lowest BCUT2D eigenvalue weighted by Gasteiger charge is -2.35. The molecule has 0 radical (unpaired) electrons. The number of hydrogen-bond donors (Lipinski definition) is 1. The highest BCUT2D eigenvalue weighted by Crippen LogP contribution is 2.31. The van der Waals surface area contributed by atoms with E-state index < -0.39 is 0 Å². The van der Waals surface area contributed by atoms with E-state index in [1.165, 1.54) is 63.6 Å². The first-order valence-corrected chi connectivity index (χ1v) is 8.33. The predicted molar refractivity (Wildman–Crippen MR) is 84.0 cm³/mol. The lowest BCUT2D eigenvalue weighted by atomic mass is 9.93. The Bertz CT molecular complexity index is 409. The Morgan fingerprint density at radius 3 is 2.75 bits per heavy atom. The van der Waals surface area contributed by atoms with Crippen molar-refractivity contribution in [3.8, 4) is 0 Å². The Morgan fingerprint density at radius 1 is 1.20 bits per heavy atom. The van der Waals surface area contributed by atoms with Gasteiger partial charge in [0.05, 0.1) is 0 Å². The molecule has 1 atom stereocenters. The summed E-state index contributed by atoms with van der Waals surface area (Å²) in [5.74, 6) is 1.05. The number of pyridine rings is 1. The van der Waals surface area contributed by atoms with Crippen LogP contribution in [0.2, 0.25) is 0 Å². The molecule has 1 aliphatic heterocycles. The summed E-state index contributed by atoms with van der Waals surface area (Å²) in [5.41, 5.74) is 1.40. The van der Waals surface area contributed by atoms with Crippen LogP contribution in [0.1, 0.15) is 63.5 Å². The Kier molecular flexibility index (Phi) is 4.56. The summed E-state index contributed by atoms with van der Waals surface area (Å²) in [6.45, 7) is 4.74. The first kappa shape index (κ1) is 13.9. The smallest absolute Gasteiger partial charge is 0.126 e. The highest BCUT2D eigenvalue weighted by atomic mass is 15.2. The second-order valence-corrected chi connectivity index (χ2v) is 6.30. The molecule has 1 saturated heterocycles. The van der Waals surface area contributed by atoms with Gasteiger partial charge in [0.25, 0.3) is 0 Å². The molecule has 3 nitrogen and oxygen atoms in total. The number of rotatable bonds is 5. The van der Waals surface area contributed by atoms with Gasteiger partial charge in [-0.3, -0.25) is 4.90 Å². The van der Waals surface area contributed by atoms with E-state index in [1.54, 1.807) is 0 Å². The minimum absolute atomic E-state index is 0.592. The largest absolute Gasteiger partial charge is 0.367 e. The first-order chi connectivity index (χ1) is 9.86. The first-order valence-electron chi connectivity index (χ1n) is 8.33. The molecule has 20 heavy (non-hydrogen) atoms. The summed E-state index contributed by atoms with van der Waals surface area (Å²) in [6, 6.07) is 5.72. The van der Waals surface area contributed by atoms with Crippen LogP contribution in [0.15, 0.2) is 18.3 Å². The molecular weight excluding hydrogens is 246 g/mol. The molecule has 1 aromatic heterocycles. The lowest BCUT2D eigenvalue weighted by Crippen LogP contribution is -2.34. The quantitative estimate of drug-likeness (QED) is 0.879. The normalized spacial score (nSPS) is 24.4. The standard InChI is InChI=1S/C17H27N3/c1-2-11-20-12-4-3-8-16(20)14-9-10-17(18-13-14)19-15-6-5-7-15/h9-10,13,15-16H,2-8,11-12H2,1H3,(H,18,19)/t16-/m1/s1. The molecule has 0 amide bonds. The van der Waals surface area contributed by atoms with Gasteiger partial charge in [-0.2, -0.15) is 0 Å². The van der Waals surface area contributed by atoms with Crippen molar-refractivity contribution in [2.75, 3.05) is 18.4 Å². The highest BCUT2D eigenvalue weighted by molar-refractivity contribution is 5.37. The van der Waals surface area contributed by atoms with Crippen LogP contribution >= 0.6 is 0 Å². The van der Waals surface area contributed by atoms with Crippen molar-refractivity contribution in [2.45, 2.75) is 64.0 Å². The number of piperidine rings is 1. The molecule has 3 heteroatoms. The summed E-state index contributed by atoms with van der Waals surface area (Å²) < 4.78 is 0. The molecular formula is C17H27N3. The topological polar surface area (TPSA) is 28.2 Å². The molecule has 0 unspecified atom stereocenters. The number of nitrogens with one attached hydrogen (secondary N) is 1. The van der Waals surface area contributed by atoms with Crippen molar-refractivity contribution in [3.05, 3.63) is 23.9 Å². The van der Waals surface area contributed by atoms with Crippen molar-refractivity contribution >= 4 is 5.82 Å². The van der Waals surface area contributed by atoms with Crippen molar-refractivity contribution < 1.29 is 0 Å². The van der Waals surface area contributed by atoms with E-state index in [-0.39, 0.29) is 0 Å². The fourth-order valence-electron chi connectivity index (χ4n) is 3.37. The predicted octanol–water partition coefficient (Wildman–Crippen LogP) is 3.98. The van der Waals surface area contributed by atoms with Crippen LogP contribution in [0.25, 0.3) is 0 Å². The lowest BCUT2D eigenvalue weighted by molar-refractivity contribution is 0.149. The van der Waals surface area contributed by atoms with Crippen molar-refractivity contribution in [3.63, 3.8) is 0 Å². The molecule has 0 aromatic carbocycles.